The van der Waals surface area contributed by atoms with Crippen LogP contribution in [0.15, 0.2) is 18.3 Å². The van der Waals surface area contributed by atoms with Crippen LogP contribution in [0.4, 0.5) is 4.39 Å². The fourth-order valence-corrected chi connectivity index (χ4v) is 3.21. The third-order valence-corrected chi connectivity index (χ3v) is 4.60. The van der Waals surface area contributed by atoms with E-state index in [2.05, 4.69) is 15.0 Å². The number of hydrogen-bond acceptors (Lipinski definition) is 4. The largest absolute Gasteiger partial charge is 0.366 e. The van der Waals surface area contributed by atoms with Crippen LogP contribution < -0.4 is 5.73 Å². The van der Waals surface area contributed by atoms with Crippen molar-refractivity contribution in [3.8, 4) is 0 Å². The Hall–Kier alpha value is -2.94. The maximum atomic E-state index is 13.7. The molecule has 0 unspecified atom stereocenters. The first kappa shape index (κ1) is 15.6. The number of imidazole rings is 1. The zero-order valence-electron chi connectivity index (χ0n) is 13.6. The molecule has 130 valence electrons. The van der Waals surface area contributed by atoms with Crippen molar-refractivity contribution >= 4 is 28.5 Å². The van der Waals surface area contributed by atoms with Gasteiger partial charge in [-0.05, 0) is 19.2 Å². The number of nitrogens with one attached hydrogen (secondary N) is 1. The van der Waals surface area contributed by atoms with Crippen LogP contribution in [0.2, 0.25) is 0 Å². The molecule has 4 rings (SSSR count). The maximum absolute atomic E-state index is 13.7. The lowest BCUT2D eigenvalue weighted by Gasteiger charge is -2.32. The number of carbonyl (C=O) groups excluding carboxylic acids is 2. The van der Waals surface area contributed by atoms with Gasteiger partial charge in [-0.1, -0.05) is 0 Å². The van der Waals surface area contributed by atoms with E-state index in [1.807, 2.05) is 7.05 Å². The Morgan fingerprint density at radius 3 is 2.60 bits per heavy atom. The van der Waals surface area contributed by atoms with E-state index in [1.165, 1.54) is 16.8 Å². The van der Waals surface area contributed by atoms with Gasteiger partial charge in [0.25, 0.3) is 11.8 Å². The fraction of sp³-hybridized carbons (Fsp3) is 0.312. The van der Waals surface area contributed by atoms with Crippen molar-refractivity contribution in [3.63, 3.8) is 0 Å². The quantitative estimate of drug-likeness (QED) is 0.705. The number of amides is 2. The molecule has 1 aliphatic heterocycles. The first-order valence-electron chi connectivity index (χ1n) is 7.92. The Labute approximate surface area is 142 Å². The Balaban J connectivity index is 1.83. The summed E-state index contributed by atoms with van der Waals surface area (Å²) in [7, 11) is 2.01. The molecule has 1 aliphatic rings. The Kier molecular flexibility index (Phi) is 3.46. The van der Waals surface area contributed by atoms with Crippen LogP contribution in [0.1, 0.15) is 20.7 Å². The molecule has 0 spiro atoms. The molecule has 2 aromatic heterocycles. The van der Waals surface area contributed by atoms with Gasteiger partial charge >= 0.3 is 0 Å². The summed E-state index contributed by atoms with van der Waals surface area (Å²) < 4.78 is 15.2. The molecule has 3 N–H and O–H groups in total. The number of H-pyrrole nitrogens is 1. The second kappa shape index (κ2) is 5.55. The van der Waals surface area contributed by atoms with E-state index in [0.717, 1.165) is 19.2 Å². The Morgan fingerprint density at radius 1 is 1.20 bits per heavy atom. The van der Waals surface area contributed by atoms with Gasteiger partial charge in [-0.2, -0.15) is 5.10 Å². The molecule has 8 nitrogen and oxygen atoms in total. The number of piperazine rings is 1. The molecule has 9 heteroatoms. The summed E-state index contributed by atoms with van der Waals surface area (Å²) in [4.78, 5) is 31.4. The minimum atomic E-state index is -0.757. The summed E-state index contributed by atoms with van der Waals surface area (Å²) in [5.74, 6) is -1.48. The monoisotopic (exact) mass is 344 g/mol. The maximum Gasteiger partial charge on any atom is 0.259 e. The first-order chi connectivity index (χ1) is 12.0. The molecule has 3 aromatic rings. The Bertz CT molecular complexity index is 999. The standard InChI is InChI=1S/C16H17FN6O2/c1-21-2-4-22(5-3-21)16(25)11-8-19-23-13-10(14(18)24)6-9(17)7-12(13)20-15(11)23/h6-8,20H,2-5H2,1H3,(H2,18,24). The number of primary amides is 1. The van der Waals surface area contributed by atoms with E-state index < -0.39 is 11.7 Å². The molecular weight excluding hydrogens is 327 g/mol. The Morgan fingerprint density at radius 2 is 1.92 bits per heavy atom. The number of benzene rings is 1. The van der Waals surface area contributed by atoms with E-state index in [1.54, 1.807) is 4.90 Å². The van der Waals surface area contributed by atoms with Crippen LogP contribution in [0, 0.1) is 5.82 Å². The van der Waals surface area contributed by atoms with Crippen molar-refractivity contribution in [2.24, 2.45) is 5.73 Å². The van der Waals surface area contributed by atoms with Crippen molar-refractivity contribution in [1.82, 2.24) is 24.4 Å². The van der Waals surface area contributed by atoms with Crippen LogP contribution in [-0.4, -0.2) is 69.4 Å². The third kappa shape index (κ3) is 2.43. The molecule has 0 bridgehead atoms. The molecule has 2 amide bonds. The molecule has 0 atom stereocenters. The smallest absolute Gasteiger partial charge is 0.259 e. The number of aromatic nitrogens is 3. The summed E-state index contributed by atoms with van der Waals surface area (Å²) in [6.07, 6.45) is 1.46. The number of carbonyl (C=O) groups is 2. The minimum absolute atomic E-state index is 0.0166. The zero-order chi connectivity index (χ0) is 17.7. The van der Waals surface area contributed by atoms with Gasteiger partial charge in [-0.25, -0.2) is 8.91 Å². The van der Waals surface area contributed by atoms with Gasteiger partial charge in [0, 0.05) is 26.2 Å². The molecule has 3 heterocycles. The van der Waals surface area contributed by atoms with Gasteiger partial charge in [0.15, 0.2) is 0 Å². The average molecular weight is 344 g/mol. The number of hydrogen-bond donors (Lipinski definition) is 2. The summed E-state index contributed by atoms with van der Waals surface area (Å²) in [6, 6.07) is 2.32. The van der Waals surface area contributed by atoms with Gasteiger partial charge < -0.3 is 20.5 Å². The highest BCUT2D eigenvalue weighted by Gasteiger charge is 2.25. The number of nitrogens with two attached hydrogens (primary N) is 1. The van der Waals surface area contributed by atoms with Crippen molar-refractivity contribution < 1.29 is 14.0 Å². The van der Waals surface area contributed by atoms with E-state index in [9.17, 15) is 14.0 Å². The van der Waals surface area contributed by atoms with Crippen LogP contribution >= 0.6 is 0 Å². The predicted octanol–water partition coefficient (Wildman–Crippen LogP) is 0.441. The number of rotatable bonds is 2. The van der Waals surface area contributed by atoms with Crippen LogP contribution in [-0.2, 0) is 0 Å². The van der Waals surface area contributed by atoms with E-state index in [-0.39, 0.29) is 11.5 Å². The van der Waals surface area contributed by atoms with Gasteiger partial charge in [0.2, 0.25) is 0 Å². The van der Waals surface area contributed by atoms with Crippen molar-refractivity contribution in [1.29, 1.82) is 0 Å². The van der Waals surface area contributed by atoms with Crippen LogP contribution in [0.25, 0.3) is 16.7 Å². The topological polar surface area (TPSA) is 99.7 Å². The normalized spacial score (nSPS) is 16.0. The van der Waals surface area contributed by atoms with Crippen molar-refractivity contribution in [2.75, 3.05) is 33.2 Å². The third-order valence-electron chi connectivity index (χ3n) is 4.60. The molecule has 0 saturated carbocycles. The second-order valence-corrected chi connectivity index (χ2v) is 6.25. The molecule has 0 aliphatic carbocycles. The lowest BCUT2D eigenvalue weighted by Crippen LogP contribution is -2.47. The minimum Gasteiger partial charge on any atom is -0.366 e. The van der Waals surface area contributed by atoms with E-state index in [0.29, 0.717) is 35.3 Å². The van der Waals surface area contributed by atoms with Crippen molar-refractivity contribution in [3.05, 3.63) is 35.3 Å². The van der Waals surface area contributed by atoms with E-state index in [4.69, 9.17) is 5.73 Å². The van der Waals surface area contributed by atoms with Gasteiger partial charge in [-0.3, -0.25) is 9.59 Å². The zero-order valence-corrected chi connectivity index (χ0v) is 13.6. The lowest BCUT2D eigenvalue weighted by atomic mass is 10.1. The number of aromatic amines is 1. The molecule has 1 fully saturated rings. The highest BCUT2D eigenvalue weighted by molar-refractivity contribution is 6.07. The second-order valence-electron chi connectivity index (χ2n) is 6.25. The van der Waals surface area contributed by atoms with Crippen LogP contribution in [0.3, 0.4) is 0 Å². The summed E-state index contributed by atoms with van der Waals surface area (Å²) >= 11 is 0. The fourth-order valence-electron chi connectivity index (χ4n) is 3.21. The molecular formula is C16H17FN6O2. The molecule has 25 heavy (non-hydrogen) atoms. The molecule has 1 saturated heterocycles. The van der Waals surface area contributed by atoms with Crippen molar-refractivity contribution in [2.45, 2.75) is 0 Å². The highest BCUT2D eigenvalue weighted by Crippen LogP contribution is 2.24. The van der Waals surface area contributed by atoms with E-state index >= 15 is 0 Å². The SMILES string of the molecule is CN1CCN(C(=O)c2cnn3c2[nH]c2cc(F)cc(C(N)=O)c23)CC1. The lowest BCUT2D eigenvalue weighted by molar-refractivity contribution is 0.0665. The highest BCUT2D eigenvalue weighted by atomic mass is 19.1. The number of nitrogens with zero attached hydrogens (tertiary/aromatic N) is 4. The number of halogens is 1. The van der Waals surface area contributed by atoms with Crippen LogP contribution in [0.5, 0.6) is 0 Å². The van der Waals surface area contributed by atoms with Gasteiger partial charge in [-0.15, -0.1) is 0 Å². The first-order valence-corrected chi connectivity index (χ1v) is 7.92. The van der Waals surface area contributed by atoms with Gasteiger partial charge in [0.1, 0.15) is 22.5 Å². The number of fused-ring (bicyclic) bond motifs is 3. The number of likely N-dealkylation sites (N-methyl/N-ethyl adjacent to an activating group) is 1. The molecule has 0 radical (unpaired) electrons. The molecule has 1 aromatic carbocycles. The van der Waals surface area contributed by atoms with Gasteiger partial charge in [0.05, 0.1) is 17.3 Å². The summed E-state index contributed by atoms with van der Waals surface area (Å²) in [5, 5.41) is 4.21. The summed E-state index contributed by atoms with van der Waals surface area (Å²) in [6.45, 7) is 2.88. The predicted molar refractivity (Wildman–Crippen MR) is 88.9 cm³/mol. The summed E-state index contributed by atoms with van der Waals surface area (Å²) in [5.41, 5.74) is 6.91. The average Bonchev–Trinajstić information content (AvgIpc) is 3.12.